The summed E-state index contributed by atoms with van der Waals surface area (Å²) in [5.74, 6) is -0.248. The third-order valence-electron chi connectivity index (χ3n) is 4.50. The molecule has 6 nitrogen and oxygen atoms in total. The Kier molecular flexibility index (Phi) is 5.83. The molecule has 1 aliphatic carbocycles. The summed E-state index contributed by atoms with van der Waals surface area (Å²) in [6.07, 6.45) is 3.26. The standard InChI is InChI=1S/C20H31NO5/c1-19(2,3)11-12-9-13(10-12)17-16(18(23)24)14(21-26-17)7-8-15(22)25-20(4,5)6/h12-13H,7-11H2,1-6H3,(H,23,24)/t12-,13+. The van der Waals surface area contributed by atoms with Gasteiger partial charge in [-0.2, -0.15) is 0 Å². The summed E-state index contributed by atoms with van der Waals surface area (Å²) in [4.78, 5) is 23.6. The van der Waals surface area contributed by atoms with E-state index in [0.717, 1.165) is 19.3 Å². The van der Waals surface area contributed by atoms with Crippen molar-refractivity contribution in [3.05, 3.63) is 17.0 Å². The number of aromatic nitrogens is 1. The first-order valence-electron chi connectivity index (χ1n) is 9.29. The van der Waals surface area contributed by atoms with E-state index in [1.807, 2.05) is 0 Å². The molecule has 0 aromatic carbocycles. The number of carboxylic acids is 1. The van der Waals surface area contributed by atoms with E-state index < -0.39 is 11.6 Å². The fourth-order valence-electron chi connectivity index (χ4n) is 3.61. The Morgan fingerprint density at radius 2 is 1.81 bits per heavy atom. The molecule has 2 rings (SSSR count). The fraction of sp³-hybridized carbons (Fsp3) is 0.750. The van der Waals surface area contributed by atoms with Crippen LogP contribution < -0.4 is 0 Å². The highest BCUT2D eigenvalue weighted by Crippen LogP contribution is 2.47. The zero-order chi connectivity index (χ0) is 19.7. The van der Waals surface area contributed by atoms with Crippen molar-refractivity contribution in [2.24, 2.45) is 11.3 Å². The van der Waals surface area contributed by atoms with Crippen molar-refractivity contribution in [1.82, 2.24) is 5.16 Å². The fourth-order valence-corrected chi connectivity index (χ4v) is 3.61. The van der Waals surface area contributed by atoms with Crippen LogP contribution in [0, 0.1) is 11.3 Å². The van der Waals surface area contributed by atoms with Gasteiger partial charge in [0.2, 0.25) is 0 Å². The minimum atomic E-state index is -1.04. The van der Waals surface area contributed by atoms with E-state index in [9.17, 15) is 14.7 Å². The molecule has 1 aromatic heterocycles. The zero-order valence-electron chi connectivity index (χ0n) is 16.7. The van der Waals surface area contributed by atoms with Crippen LogP contribution in [0.2, 0.25) is 0 Å². The second kappa shape index (κ2) is 7.41. The van der Waals surface area contributed by atoms with E-state index in [0.29, 0.717) is 17.4 Å². The zero-order valence-corrected chi connectivity index (χ0v) is 16.7. The van der Waals surface area contributed by atoms with Crippen LogP contribution in [0.5, 0.6) is 0 Å². The monoisotopic (exact) mass is 365 g/mol. The molecule has 0 atom stereocenters. The van der Waals surface area contributed by atoms with Crippen molar-refractivity contribution in [1.29, 1.82) is 0 Å². The Morgan fingerprint density at radius 1 is 1.19 bits per heavy atom. The Bertz CT molecular complexity index is 657. The molecule has 1 heterocycles. The van der Waals surface area contributed by atoms with Crippen molar-refractivity contribution in [3.8, 4) is 0 Å². The molecule has 6 heteroatoms. The molecule has 0 spiro atoms. The molecule has 1 fully saturated rings. The molecule has 1 N–H and O–H groups in total. The van der Waals surface area contributed by atoms with Crippen LogP contribution in [0.1, 0.15) is 95.0 Å². The lowest BCUT2D eigenvalue weighted by Crippen LogP contribution is -2.27. The second-order valence-corrected chi connectivity index (χ2v) is 9.56. The van der Waals surface area contributed by atoms with Crippen LogP contribution >= 0.6 is 0 Å². The quantitative estimate of drug-likeness (QED) is 0.742. The van der Waals surface area contributed by atoms with E-state index >= 15 is 0 Å². The number of nitrogens with zero attached hydrogens (tertiary/aromatic N) is 1. The van der Waals surface area contributed by atoms with E-state index in [-0.39, 0.29) is 35.7 Å². The predicted molar refractivity (Wildman–Crippen MR) is 97.2 cm³/mol. The highest BCUT2D eigenvalue weighted by Gasteiger charge is 2.38. The molecule has 1 aromatic rings. The van der Waals surface area contributed by atoms with E-state index in [2.05, 4.69) is 25.9 Å². The summed E-state index contributed by atoms with van der Waals surface area (Å²) in [7, 11) is 0. The van der Waals surface area contributed by atoms with Crippen LogP contribution in [0.15, 0.2) is 4.52 Å². The average molecular weight is 365 g/mol. The SMILES string of the molecule is CC(C)(C)C[C@H]1C[C@@H](c2onc(CCC(=O)OC(C)(C)C)c2C(=O)O)C1. The minimum absolute atomic E-state index is 0.0842. The Morgan fingerprint density at radius 3 is 2.31 bits per heavy atom. The maximum atomic E-state index is 11.9. The highest BCUT2D eigenvalue weighted by atomic mass is 16.6. The molecule has 146 valence electrons. The number of aromatic carboxylic acids is 1. The Balaban J connectivity index is 2.01. The Hall–Kier alpha value is -1.85. The van der Waals surface area contributed by atoms with Crippen LogP contribution in [0.25, 0.3) is 0 Å². The largest absolute Gasteiger partial charge is 0.477 e. The molecule has 0 aliphatic heterocycles. The molecular weight excluding hydrogens is 334 g/mol. The van der Waals surface area contributed by atoms with Gasteiger partial charge in [0.15, 0.2) is 5.76 Å². The highest BCUT2D eigenvalue weighted by molar-refractivity contribution is 5.90. The van der Waals surface area contributed by atoms with Gasteiger partial charge in [-0.1, -0.05) is 25.9 Å². The molecule has 1 aliphatic rings. The summed E-state index contributed by atoms with van der Waals surface area (Å²) in [6, 6.07) is 0. The smallest absolute Gasteiger partial charge is 0.341 e. The number of hydrogen-bond donors (Lipinski definition) is 1. The first-order chi connectivity index (χ1) is 11.9. The van der Waals surface area contributed by atoms with Gasteiger partial charge in [-0.05, 0) is 51.4 Å². The lowest BCUT2D eigenvalue weighted by molar-refractivity contribution is -0.154. The van der Waals surface area contributed by atoms with Crippen molar-refractivity contribution < 1.29 is 24.0 Å². The molecular formula is C20H31NO5. The van der Waals surface area contributed by atoms with Gasteiger partial charge >= 0.3 is 11.9 Å². The lowest BCUT2D eigenvalue weighted by atomic mass is 9.67. The summed E-state index contributed by atoms with van der Waals surface area (Å²) in [6.45, 7) is 12.0. The number of aryl methyl sites for hydroxylation is 1. The average Bonchev–Trinajstić information content (AvgIpc) is 2.80. The maximum absolute atomic E-state index is 11.9. The molecule has 0 bridgehead atoms. The molecule has 1 saturated carbocycles. The van der Waals surface area contributed by atoms with Gasteiger partial charge in [0.05, 0.1) is 12.1 Å². The number of carbonyl (C=O) groups excluding carboxylic acids is 1. The number of carbonyl (C=O) groups is 2. The van der Waals surface area contributed by atoms with Gasteiger partial charge in [0.25, 0.3) is 0 Å². The number of hydrogen-bond acceptors (Lipinski definition) is 5. The number of carboxylic acid groups (broad SMARTS) is 1. The molecule has 26 heavy (non-hydrogen) atoms. The number of rotatable bonds is 6. The first kappa shape index (κ1) is 20.5. The van der Waals surface area contributed by atoms with Crippen LogP contribution in [-0.4, -0.2) is 27.8 Å². The molecule has 0 saturated heterocycles. The van der Waals surface area contributed by atoms with Gasteiger partial charge < -0.3 is 14.4 Å². The van der Waals surface area contributed by atoms with Crippen molar-refractivity contribution in [2.75, 3.05) is 0 Å². The van der Waals surface area contributed by atoms with Crippen LogP contribution in [0.4, 0.5) is 0 Å². The van der Waals surface area contributed by atoms with Crippen molar-refractivity contribution in [3.63, 3.8) is 0 Å². The third-order valence-corrected chi connectivity index (χ3v) is 4.50. The lowest BCUT2D eigenvalue weighted by Gasteiger charge is -2.37. The van der Waals surface area contributed by atoms with E-state index in [4.69, 9.17) is 9.26 Å². The summed E-state index contributed by atoms with van der Waals surface area (Å²) in [5.41, 5.74) is 0.173. The van der Waals surface area contributed by atoms with Crippen molar-refractivity contribution in [2.45, 2.75) is 85.2 Å². The van der Waals surface area contributed by atoms with Gasteiger partial charge in [-0.25, -0.2) is 4.79 Å². The molecule has 0 unspecified atom stereocenters. The number of esters is 1. The van der Waals surface area contributed by atoms with Crippen LogP contribution in [-0.2, 0) is 16.0 Å². The summed E-state index contributed by atoms with van der Waals surface area (Å²) in [5, 5.41) is 13.5. The van der Waals surface area contributed by atoms with Gasteiger partial charge in [-0.3, -0.25) is 4.79 Å². The second-order valence-electron chi connectivity index (χ2n) is 9.56. The van der Waals surface area contributed by atoms with Gasteiger partial charge in [0, 0.05) is 12.3 Å². The first-order valence-corrected chi connectivity index (χ1v) is 9.29. The minimum Gasteiger partial charge on any atom is -0.477 e. The third kappa shape index (κ3) is 5.58. The Labute approximate surface area is 155 Å². The molecule has 0 radical (unpaired) electrons. The molecule has 0 amide bonds. The van der Waals surface area contributed by atoms with Gasteiger partial charge in [0.1, 0.15) is 11.2 Å². The van der Waals surface area contributed by atoms with E-state index in [1.165, 1.54) is 0 Å². The summed E-state index contributed by atoms with van der Waals surface area (Å²) >= 11 is 0. The van der Waals surface area contributed by atoms with Gasteiger partial charge in [-0.15, -0.1) is 0 Å². The predicted octanol–water partition coefficient (Wildman–Crippen LogP) is 4.58. The number of ether oxygens (including phenoxy) is 1. The topological polar surface area (TPSA) is 89.6 Å². The maximum Gasteiger partial charge on any atom is 0.341 e. The summed E-state index contributed by atoms with van der Waals surface area (Å²) < 4.78 is 10.7. The van der Waals surface area contributed by atoms with E-state index in [1.54, 1.807) is 20.8 Å². The van der Waals surface area contributed by atoms with Crippen LogP contribution in [0.3, 0.4) is 0 Å². The van der Waals surface area contributed by atoms with Crippen molar-refractivity contribution >= 4 is 11.9 Å². The normalized spacial score (nSPS) is 20.5.